The smallest absolute Gasteiger partial charge is 0.225 e. The van der Waals surface area contributed by atoms with Gasteiger partial charge in [-0.2, -0.15) is 0 Å². The molecule has 0 heterocycles. The standard InChI is InChI=1S/C4H10ClNO3S2/c1-10(7)3-2-6-11(8,9)4-5/h6H,2-4H2,1H3. The fraction of sp³-hybridized carbons (Fsp3) is 1.00. The van der Waals surface area contributed by atoms with Gasteiger partial charge in [-0.15, -0.1) is 11.6 Å². The van der Waals surface area contributed by atoms with E-state index < -0.39 is 26.0 Å². The molecule has 0 aromatic heterocycles. The van der Waals surface area contributed by atoms with Crippen molar-refractivity contribution >= 4 is 32.4 Å². The van der Waals surface area contributed by atoms with E-state index in [1.54, 1.807) is 0 Å². The van der Waals surface area contributed by atoms with Crippen LogP contribution < -0.4 is 4.72 Å². The maximum atomic E-state index is 10.6. The van der Waals surface area contributed by atoms with Crippen LogP contribution in [0.1, 0.15) is 0 Å². The van der Waals surface area contributed by atoms with E-state index in [4.69, 9.17) is 11.6 Å². The molecule has 0 fully saturated rings. The fourth-order valence-corrected chi connectivity index (χ4v) is 1.62. The molecule has 0 saturated carbocycles. The van der Waals surface area contributed by atoms with Gasteiger partial charge in [-0.05, 0) is 0 Å². The molecule has 1 N–H and O–H groups in total. The summed E-state index contributed by atoms with van der Waals surface area (Å²) in [6.07, 6.45) is 1.51. The van der Waals surface area contributed by atoms with Crippen LogP contribution in [0.3, 0.4) is 0 Å². The molecule has 0 amide bonds. The van der Waals surface area contributed by atoms with E-state index in [1.165, 1.54) is 6.26 Å². The van der Waals surface area contributed by atoms with Crippen molar-refractivity contribution in [1.29, 1.82) is 0 Å². The predicted octanol–water partition coefficient (Wildman–Crippen LogP) is -0.519. The van der Waals surface area contributed by atoms with Crippen LogP contribution >= 0.6 is 11.6 Å². The minimum Gasteiger partial charge on any atom is -0.260 e. The Morgan fingerprint density at radius 2 is 2.09 bits per heavy atom. The molecule has 0 aliphatic heterocycles. The molecule has 0 radical (unpaired) electrons. The minimum absolute atomic E-state index is 0.179. The van der Waals surface area contributed by atoms with E-state index in [1.807, 2.05) is 0 Å². The molecule has 0 aromatic rings. The topological polar surface area (TPSA) is 63.2 Å². The third-order valence-corrected chi connectivity index (χ3v) is 3.43. The van der Waals surface area contributed by atoms with E-state index >= 15 is 0 Å². The highest BCUT2D eigenvalue weighted by Gasteiger charge is 2.05. The Morgan fingerprint density at radius 1 is 1.55 bits per heavy atom. The summed E-state index contributed by atoms with van der Waals surface area (Å²) in [5, 5.41) is -0.455. The van der Waals surface area contributed by atoms with Gasteiger partial charge in [0.05, 0.1) is 0 Å². The zero-order valence-corrected chi connectivity index (χ0v) is 8.43. The maximum absolute atomic E-state index is 10.6. The molecule has 11 heavy (non-hydrogen) atoms. The number of rotatable bonds is 5. The van der Waals surface area contributed by atoms with Gasteiger partial charge < -0.3 is 0 Å². The second-order valence-electron chi connectivity index (χ2n) is 1.90. The van der Waals surface area contributed by atoms with Gasteiger partial charge in [0.25, 0.3) is 0 Å². The van der Waals surface area contributed by atoms with Crippen LogP contribution in [-0.4, -0.2) is 36.4 Å². The van der Waals surface area contributed by atoms with E-state index in [2.05, 4.69) is 4.72 Å². The lowest BCUT2D eigenvalue weighted by molar-refractivity contribution is 0.588. The van der Waals surface area contributed by atoms with Crippen molar-refractivity contribution in [2.75, 3.05) is 23.8 Å². The molecule has 0 aliphatic carbocycles. The lowest BCUT2D eigenvalue weighted by Crippen LogP contribution is -2.28. The SMILES string of the molecule is CS(=O)CCNS(=O)(=O)CCl. The van der Waals surface area contributed by atoms with Gasteiger partial charge in [-0.3, -0.25) is 4.21 Å². The molecule has 0 rings (SSSR count). The molecule has 68 valence electrons. The van der Waals surface area contributed by atoms with Gasteiger partial charge in [-0.25, -0.2) is 13.1 Å². The van der Waals surface area contributed by atoms with E-state index in [9.17, 15) is 12.6 Å². The Kier molecular flexibility index (Phi) is 5.24. The summed E-state index contributed by atoms with van der Waals surface area (Å²) in [4.78, 5) is 0. The summed E-state index contributed by atoms with van der Waals surface area (Å²) in [5.41, 5.74) is 0. The molecule has 0 spiro atoms. The van der Waals surface area contributed by atoms with Crippen LogP contribution in [0.25, 0.3) is 0 Å². The third-order valence-electron chi connectivity index (χ3n) is 0.855. The number of nitrogens with one attached hydrogen (secondary N) is 1. The number of sulfonamides is 1. The minimum atomic E-state index is -3.33. The second kappa shape index (κ2) is 5.08. The molecule has 0 aromatic carbocycles. The summed E-state index contributed by atoms with van der Waals surface area (Å²) in [7, 11) is -4.31. The number of halogens is 1. The average molecular weight is 220 g/mol. The van der Waals surface area contributed by atoms with Crippen LogP contribution in [0, 0.1) is 0 Å². The molecule has 0 bridgehead atoms. The van der Waals surface area contributed by atoms with Crippen LogP contribution in [0.4, 0.5) is 0 Å². The molecule has 1 atom stereocenters. The largest absolute Gasteiger partial charge is 0.260 e. The van der Waals surface area contributed by atoms with E-state index in [-0.39, 0.29) is 6.54 Å². The van der Waals surface area contributed by atoms with Gasteiger partial charge >= 0.3 is 0 Å². The van der Waals surface area contributed by atoms with Crippen LogP contribution in [0.5, 0.6) is 0 Å². The number of hydrogen-bond donors (Lipinski definition) is 1. The lowest BCUT2D eigenvalue weighted by atomic mass is 10.8. The average Bonchev–Trinajstić information content (AvgIpc) is 1.87. The van der Waals surface area contributed by atoms with Crippen molar-refractivity contribution in [3.63, 3.8) is 0 Å². The van der Waals surface area contributed by atoms with Crippen molar-refractivity contribution in [2.24, 2.45) is 0 Å². The van der Waals surface area contributed by atoms with Gasteiger partial charge in [0.2, 0.25) is 10.0 Å². The van der Waals surface area contributed by atoms with Crippen molar-refractivity contribution in [2.45, 2.75) is 0 Å². The van der Waals surface area contributed by atoms with Crippen LogP contribution in [0.15, 0.2) is 0 Å². The van der Waals surface area contributed by atoms with Crippen molar-refractivity contribution in [3.8, 4) is 0 Å². The lowest BCUT2D eigenvalue weighted by Gasteiger charge is -2.00. The van der Waals surface area contributed by atoms with E-state index in [0.717, 1.165) is 0 Å². The Bertz CT molecular complexity index is 225. The third kappa shape index (κ3) is 6.74. The highest BCUT2D eigenvalue weighted by molar-refractivity contribution is 7.90. The van der Waals surface area contributed by atoms with Gasteiger partial charge in [-0.1, -0.05) is 0 Å². The quantitative estimate of drug-likeness (QED) is 0.633. The van der Waals surface area contributed by atoms with Crippen molar-refractivity contribution < 1.29 is 12.6 Å². The van der Waals surface area contributed by atoms with Crippen LogP contribution in [0.2, 0.25) is 0 Å². The molecule has 1 unspecified atom stereocenters. The van der Waals surface area contributed by atoms with Crippen LogP contribution in [-0.2, 0) is 20.8 Å². The monoisotopic (exact) mass is 219 g/mol. The summed E-state index contributed by atoms with van der Waals surface area (Å²) in [6.45, 7) is 0.179. The first kappa shape index (κ1) is 11.4. The first-order valence-electron chi connectivity index (χ1n) is 2.81. The first-order chi connectivity index (χ1) is 4.98. The van der Waals surface area contributed by atoms with Gasteiger partial charge in [0.1, 0.15) is 5.21 Å². The predicted molar refractivity (Wildman–Crippen MR) is 46.6 cm³/mol. The molecule has 0 saturated heterocycles. The van der Waals surface area contributed by atoms with Crippen molar-refractivity contribution in [1.82, 2.24) is 4.72 Å². The van der Waals surface area contributed by atoms with Crippen molar-refractivity contribution in [3.05, 3.63) is 0 Å². The van der Waals surface area contributed by atoms with E-state index in [0.29, 0.717) is 5.75 Å². The Hall–Kier alpha value is 0.350. The van der Waals surface area contributed by atoms with Gasteiger partial charge in [0, 0.05) is 29.4 Å². The summed E-state index contributed by atoms with van der Waals surface area (Å²) < 4.78 is 33.9. The number of hydrogen-bond acceptors (Lipinski definition) is 3. The summed E-state index contributed by atoms with van der Waals surface area (Å²) >= 11 is 5.08. The maximum Gasteiger partial charge on any atom is 0.225 e. The Morgan fingerprint density at radius 3 is 2.45 bits per heavy atom. The zero-order valence-electron chi connectivity index (χ0n) is 6.04. The highest BCUT2D eigenvalue weighted by atomic mass is 35.5. The molecular weight excluding hydrogens is 210 g/mol. The second-order valence-corrected chi connectivity index (χ2v) is 5.84. The first-order valence-corrected chi connectivity index (χ1v) is 6.72. The Balaban J connectivity index is 3.63. The van der Waals surface area contributed by atoms with Gasteiger partial charge in [0.15, 0.2) is 0 Å². The summed E-state index contributed by atoms with van der Waals surface area (Å²) in [6, 6.07) is 0. The molecule has 7 heteroatoms. The fourth-order valence-electron chi connectivity index (χ4n) is 0.379. The normalized spacial score (nSPS) is 14.7. The molecule has 4 nitrogen and oxygen atoms in total. The summed E-state index contributed by atoms with van der Waals surface area (Å²) in [5.74, 6) is 0.316. The molecular formula is C4H10ClNO3S2. The zero-order chi connectivity index (χ0) is 8.91. The number of alkyl halides is 1. The highest BCUT2D eigenvalue weighted by Crippen LogP contribution is 1.86. The Labute approximate surface area is 73.8 Å². The molecule has 0 aliphatic rings.